The lowest BCUT2D eigenvalue weighted by Gasteiger charge is -2.00. The Hall–Kier alpha value is -2.55. The van der Waals surface area contributed by atoms with Crippen LogP contribution >= 0.6 is 52.3 Å². The molecule has 0 amide bonds. The summed E-state index contributed by atoms with van der Waals surface area (Å²) in [6.07, 6.45) is 0. The van der Waals surface area contributed by atoms with Gasteiger partial charge in [-0.15, -0.1) is 0 Å². The Kier molecular flexibility index (Phi) is 5.78. The molecule has 3 aromatic carbocycles. The molecular weight excluding hydrogens is 535 g/mol. The van der Waals surface area contributed by atoms with E-state index in [-0.39, 0.29) is 0 Å². The van der Waals surface area contributed by atoms with Crippen LogP contribution in [0.15, 0.2) is 87.1 Å². The van der Waals surface area contributed by atoms with Crippen LogP contribution in [0.1, 0.15) is 0 Å². The third kappa shape index (κ3) is 4.11. The molecule has 0 aliphatic carbocycles. The number of fused-ring (bicyclic) bond motifs is 3. The molecule has 0 saturated carbocycles. The number of para-hydroxylation sites is 3. The van der Waals surface area contributed by atoms with E-state index in [1.165, 1.54) is 0 Å². The predicted molar refractivity (Wildman–Crippen MR) is 152 cm³/mol. The van der Waals surface area contributed by atoms with Crippen LogP contribution in [0.25, 0.3) is 30.6 Å². The summed E-state index contributed by atoms with van der Waals surface area (Å²) < 4.78 is 24.8. The van der Waals surface area contributed by atoms with Crippen molar-refractivity contribution in [2.24, 2.45) is 35.4 Å². The summed E-state index contributed by atoms with van der Waals surface area (Å²) in [4.78, 5) is 2.40. The molecule has 176 valence electrons. The SMILES string of the molecule is Cn1/c(=N\[P+](Cl)(/N=c2/sc3ccccc3n2C)/N=c2/sc3ccccc3n2C)sc2ccccc21. The zero-order valence-corrected chi connectivity index (χ0v) is 23.3. The Morgan fingerprint density at radius 1 is 0.543 bits per heavy atom. The molecule has 35 heavy (non-hydrogen) atoms. The molecule has 0 saturated heterocycles. The Balaban J connectivity index is 1.66. The van der Waals surface area contributed by atoms with Gasteiger partial charge in [-0.05, 0) is 50.7 Å². The highest BCUT2D eigenvalue weighted by Gasteiger charge is 2.39. The standard InChI is InChI=1S/C24H21ClN6PS3/c1-29-16-10-4-7-13-19(16)33-22(29)26-32(25,27-23-30(2)17-11-5-8-14-20(17)34-23)28-24-31(3)18-12-6-9-15-21(18)35-24/h4-15H,1-3H3/q+1/b26-22+,27-23+,28-24+. The van der Waals surface area contributed by atoms with Gasteiger partial charge in [-0.3, -0.25) is 0 Å². The highest BCUT2D eigenvalue weighted by Crippen LogP contribution is 2.67. The minimum atomic E-state index is -3.07. The fourth-order valence-electron chi connectivity index (χ4n) is 3.93. The van der Waals surface area contributed by atoms with Crippen LogP contribution in [0.4, 0.5) is 0 Å². The smallest absolute Gasteiger partial charge is 0.317 e. The van der Waals surface area contributed by atoms with Crippen molar-refractivity contribution < 1.29 is 0 Å². The molecule has 11 heteroatoms. The van der Waals surface area contributed by atoms with Crippen LogP contribution in [0.5, 0.6) is 0 Å². The first kappa shape index (κ1) is 22.9. The summed E-state index contributed by atoms with van der Waals surface area (Å²) in [7, 11) is 2.97. The fourth-order valence-corrected chi connectivity index (χ4v) is 10.3. The van der Waals surface area contributed by atoms with E-state index in [2.05, 4.69) is 50.1 Å². The molecule has 0 unspecified atom stereocenters. The van der Waals surface area contributed by atoms with Crippen LogP contribution in [-0.4, -0.2) is 13.7 Å². The van der Waals surface area contributed by atoms with Crippen LogP contribution in [0, 0.1) is 0 Å². The number of benzene rings is 3. The molecule has 6 rings (SSSR count). The summed E-state index contributed by atoms with van der Waals surface area (Å²) >= 11 is 12.1. The number of aryl methyl sites for hydroxylation is 3. The van der Waals surface area contributed by atoms with Crippen LogP contribution in [-0.2, 0) is 21.1 Å². The average Bonchev–Trinajstić information content (AvgIpc) is 3.46. The molecule has 3 heterocycles. The lowest BCUT2D eigenvalue weighted by Crippen LogP contribution is -2.14. The lowest BCUT2D eigenvalue weighted by atomic mass is 10.3. The van der Waals surface area contributed by atoms with E-state index < -0.39 is 7.07 Å². The zero-order valence-electron chi connectivity index (χ0n) is 19.2. The highest BCUT2D eigenvalue weighted by molar-refractivity contribution is 7.95. The summed E-state index contributed by atoms with van der Waals surface area (Å²) in [5.74, 6) is 0. The maximum atomic E-state index is 7.33. The van der Waals surface area contributed by atoms with Crippen LogP contribution < -0.4 is 14.4 Å². The number of aromatic nitrogens is 3. The van der Waals surface area contributed by atoms with Crippen molar-refractivity contribution in [1.82, 2.24) is 13.7 Å². The van der Waals surface area contributed by atoms with Gasteiger partial charge in [0.1, 0.15) is 0 Å². The van der Waals surface area contributed by atoms with E-state index in [1.54, 1.807) is 34.0 Å². The summed E-state index contributed by atoms with van der Waals surface area (Å²) in [6.45, 7) is 0. The number of thiazole rings is 3. The third-order valence-electron chi connectivity index (χ3n) is 5.78. The molecule has 0 radical (unpaired) electrons. The van der Waals surface area contributed by atoms with Crippen LogP contribution in [0.2, 0.25) is 0 Å². The molecule has 0 spiro atoms. The summed E-state index contributed by atoms with van der Waals surface area (Å²) in [5.41, 5.74) is 3.33. The Labute approximate surface area is 218 Å². The average molecular weight is 556 g/mol. The summed E-state index contributed by atoms with van der Waals surface area (Å²) in [5, 5.41) is 0. The van der Waals surface area contributed by atoms with E-state index in [0.717, 1.165) is 45.1 Å². The first-order chi connectivity index (χ1) is 16.9. The Morgan fingerprint density at radius 3 is 1.11 bits per heavy atom. The Morgan fingerprint density at radius 2 is 0.829 bits per heavy atom. The molecule has 6 nitrogen and oxygen atoms in total. The first-order valence-electron chi connectivity index (χ1n) is 10.8. The lowest BCUT2D eigenvalue weighted by molar-refractivity contribution is 0.905. The second-order valence-electron chi connectivity index (χ2n) is 8.03. The number of halogens is 1. The number of nitrogens with zero attached hydrogens (tertiary/aromatic N) is 6. The van der Waals surface area contributed by atoms with Gasteiger partial charge in [-0.25, -0.2) is 0 Å². The molecule has 0 aliphatic rings. The quantitative estimate of drug-likeness (QED) is 0.228. The predicted octanol–water partition coefficient (Wildman–Crippen LogP) is 6.37. The van der Waals surface area contributed by atoms with Crippen molar-refractivity contribution in [3.05, 3.63) is 87.2 Å². The molecule has 0 atom stereocenters. The van der Waals surface area contributed by atoms with Gasteiger partial charge in [-0.2, -0.15) is 0 Å². The number of hydrogen-bond donors (Lipinski definition) is 0. The monoisotopic (exact) mass is 555 g/mol. The van der Waals surface area contributed by atoms with E-state index in [9.17, 15) is 0 Å². The van der Waals surface area contributed by atoms with Crippen molar-refractivity contribution >= 4 is 83.0 Å². The number of rotatable bonds is 3. The van der Waals surface area contributed by atoms with Crippen molar-refractivity contribution in [3.63, 3.8) is 0 Å². The van der Waals surface area contributed by atoms with Gasteiger partial charge in [0.25, 0.3) is 0 Å². The van der Waals surface area contributed by atoms with Gasteiger partial charge in [0, 0.05) is 21.1 Å². The van der Waals surface area contributed by atoms with Crippen molar-refractivity contribution in [2.45, 2.75) is 0 Å². The Bertz CT molecular complexity index is 1710. The highest BCUT2D eigenvalue weighted by atomic mass is 35.7. The molecule has 0 aliphatic heterocycles. The minimum Gasteiger partial charge on any atom is -0.317 e. The molecule has 6 aromatic rings. The van der Waals surface area contributed by atoms with Crippen molar-refractivity contribution in [1.29, 1.82) is 0 Å². The second-order valence-corrected chi connectivity index (χ2v) is 14.0. The zero-order chi connectivity index (χ0) is 24.2. The van der Waals surface area contributed by atoms with Gasteiger partial charge in [0.15, 0.2) is 11.2 Å². The first-order valence-corrected chi connectivity index (χ1v) is 15.8. The van der Waals surface area contributed by atoms with Gasteiger partial charge < -0.3 is 13.7 Å². The van der Waals surface area contributed by atoms with E-state index in [1.807, 2.05) is 57.5 Å². The topological polar surface area (TPSA) is 51.9 Å². The van der Waals surface area contributed by atoms with Gasteiger partial charge >= 0.3 is 7.07 Å². The van der Waals surface area contributed by atoms with Crippen molar-refractivity contribution in [2.75, 3.05) is 0 Å². The van der Waals surface area contributed by atoms with Gasteiger partial charge in [-0.1, -0.05) is 70.4 Å². The van der Waals surface area contributed by atoms with E-state index in [0.29, 0.717) is 0 Å². The largest absolute Gasteiger partial charge is 0.476 e. The maximum absolute atomic E-state index is 7.33. The molecule has 3 aromatic heterocycles. The van der Waals surface area contributed by atoms with Gasteiger partial charge in [0.2, 0.25) is 14.4 Å². The molecule has 0 fully saturated rings. The van der Waals surface area contributed by atoms with E-state index >= 15 is 0 Å². The van der Waals surface area contributed by atoms with Gasteiger partial charge in [0.05, 0.1) is 30.6 Å². The summed E-state index contributed by atoms with van der Waals surface area (Å²) in [6, 6.07) is 24.8. The van der Waals surface area contributed by atoms with Crippen LogP contribution in [0.3, 0.4) is 0 Å². The third-order valence-corrected chi connectivity index (χ3v) is 11.5. The molecular formula is C24H21ClN6PS3+. The van der Waals surface area contributed by atoms with E-state index in [4.69, 9.17) is 25.5 Å². The minimum absolute atomic E-state index is 0.801. The molecule has 0 bridgehead atoms. The maximum Gasteiger partial charge on any atom is 0.476 e. The van der Waals surface area contributed by atoms with Crippen molar-refractivity contribution in [3.8, 4) is 0 Å². The fraction of sp³-hybridized carbons (Fsp3) is 0.125. The normalized spacial score (nSPS) is 14.2. The number of hydrogen-bond acceptors (Lipinski definition) is 6. The molecule has 0 N–H and O–H groups in total. The second kappa shape index (κ2) is 8.84.